The molecule has 0 N–H and O–H groups in total. The molecule has 0 fully saturated rings. The van der Waals surface area contributed by atoms with Crippen LogP contribution in [0.25, 0.3) is 0 Å². The highest BCUT2D eigenvalue weighted by atomic mass is 35.5. The molecular formula is C20H19ClF3N3O2. The Hall–Kier alpha value is -2.58. The molecule has 0 radical (unpaired) electrons. The van der Waals surface area contributed by atoms with Gasteiger partial charge in [-0.05, 0) is 48.4 Å². The number of aromatic nitrogens is 3. The van der Waals surface area contributed by atoms with Crippen LogP contribution in [0.15, 0.2) is 55.1 Å². The van der Waals surface area contributed by atoms with Gasteiger partial charge < -0.3 is 9.47 Å². The summed E-state index contributed by atoms with van der Waals surface area (Å²) in [4.78, 5) is 3.85. The van der Waals surface area contributed by atoms with Gasteiger partial charge in [0.2, 0.25) is 0 Å². The van der Waals surface area contributed by atoms with Gasteiger partial charge >= 0.3 is 6.18 Å². The molecular weight excluding hydrogens is 407 g/mol. The van der Waals surface area contributed by atoms with Crippen LogP contribution < -0.4 is 4.74 Å². The van der Waals surface area contributed by atoms with Gasteiger partial charge in [-0.2, -0.15) is 18.3 Å². The molecule has 5 nitrogen and oxygen atoms in total. The predicted molar refractivity (Wildman–Crippen MR) is 102 cm³/mol. The fourth-order valence-electron chi connectivity index (χ4n) is 3.14. The zero-order valence-electron chi connectivity index (χ0n) is 15.8. The number of rotatable bonds is 7. The van der Waals surface area contributed by atoms with E-state index in [2.05, 4.69) is 10.1 Å². The van der Waals surface area contributed by atoms with Gasteiger partial charge in [-0.1, -0.05) is 24.6 Å². The Morgan fingerprint density at radius 1 is 1.03 bits per heavy atom. The van der Waals surface area contributed by atoms with Crippen molar-refractivity contribution in [3.63, 3.8) is 0 Å². The van der Waals surface area contributed by atoms with Crippen LogP contribution in [-0.2, 0) is 23.1 Å². The van der Waals surface area contributed by atoms with Crippen LogP contribution >= 0.6 is 11.6 Å². The van der Waals surface area contributed by atoms with Gasteiger partial charge in [0.05, 0.1) is 12.1 Å². The van der Waals surface area contributed by atoms with Crippen LogP contribution in [0.3, 0.4) is 0 Å². The molecule has 0 amide bonds. The van der Waals surface area contributed by atoms with Crippen molar-refractivity contribution >= 4 is 11.6 Å². The fourth-order valence-corrected chi connectivity index (χ4v) is 3.27. The quantitative estimate of drug-likeness (QED) is 0.487. The smallest absolute Gasteiger partial charge is 0.416 e. The van der Waals surface area contributed by atoms with Gasteiger partial charge in [-0.3, -0.25) is 0 Å². The maximum Gasteiger partial charge on any atom is 0.416 e. The molecule has 0 aliphatic heterocycles. The topological polar surface area (TPSA) is 49.2 Å². The summed E-state index contributed by atoms with van der Waals surface area (Å²) in [7, 11) is 1.39. The molecule has 3 aromatic rings. The van der Waals surface area contributed by atoms with E-state index in [0.717, 1.165) is 6.07 Å². The Labute approximate surface area is 171 Å². The molecule has 1 atom stereocenters. The number of benzene rings is 2. The zero-order valence-corrected chi connectivity index (χ0v) is 16.5. The minimum atomic E-state index is -4.60. The molecule has 0 spiro atoms. The first-order valence-corrected chi connectivity index (χ1v) is 9.18. The molecule has 1 heterocycles. The second-order valence-corrected chi connectivity index (χ2v) is 6.84. The maximum atomic E-state index is 13.9. The predicted octanol–water partition coefficient (Wildman–Crippen LogP) is 5.69. The van der Waals surface area contributed by atoms with Gasteiger partial charge in [0, 0.05) is 12.1 Å². The van der Waals surface area contributed by atoms with Crippen molar-refractivity contribution in [3.8, 4) is 11.5 Å². The lowest BCUT2D eigenvalue weighted by Gasteiger charge is -2.34. The number of ether oxygens (including phenoxy) is 2. The first-order chi connectivity index (χ1) is 13.8. The second kappa shape index (κ2) is 8.42. The standard InChI is InChI=1S/C20H19ClF3N3O2/c1-3-19(28-2,11-27-13-25-12-26-27)17-9-8-16(10-18(17)20(22,23)24)29-15-6-4-14(21)5-7-15/h4-10,12-13H,3,11H2,1-2H3/t19-/m1/s1. The van der Waals surface area contributed by atoms with Crippen LogP contribution in [0.2, 0.25) is 5.02 Å². The van der Waals surface area contributed by atoms with Crippen molar-refractivity contribution in [2.45, 2.75) is 31.7 Å². The van der Waals surface area contributed by atoms with Crippen LogP contribution in [0.5, 0.6) is 11.5 Å². The molecule has 1 aromatic heterocycles. The summed E-state index contributed by atoms with van der Waals surface area (Å²) >= 11 is 5.83. The number of halogens is 4. The Morgan fingerprint density at radius 3 is 2.28 bits per heavy atom. The van der Waals surface area contributed by atoms with E-state index in [1.54, 1.807) is 31.2 Å². The Kier molecular flexibility index (Phi) is 6.14. The Morgan fingerprint density at radius 2 is 1.72 bits per heavy atom. The average Bonchev–Trinajstić information content (AvgIpc) is 3.20. The van der Waals surface area contributed by atoms with Gasteiger partial charge in [-0.15, -0.1) is 0 Å². The number of methoxy groups -OCH3 is 1. The fraction of sp³-hybridized carbons (Fsp3) is 0.300. The van der Waals surface area contributed by atoms with E-state index in [9.17, 15) is 13.2 Å². The molecule has 0 aliphatic carbocycles. The van der Waals surface area contributed by atoms with Crippen LogP contribution in [0, 0.1) is 0 Å². The van der Waals surface area contributed by atoms with E-state index < -0.39 is 17.3 Å². The monoisotopic (exact) mass is 425 g/mol. The van der Waals surface area contributed by atoms with Gasteiger partial charge in [0.1, 0.15) is 29.8 Å². The lowest BCUT2D eigenvalue weighted by atomic mass is 9.86. The molecule has 9 heteroatoms. The van der Waals surface area contributed by atoms with Crippen molar-refractivity contribution in [2.24, 2.45) is 0 Å². The minimum Gasteiger partial charge on any atom is -0.457 e. The SMILES string of the molecule is CC[C@](Cn1cncn1)(OC)c1ccc(Oc2ccc(Cl)cc2)cc1C(F)(F)F. The lowest BCUT2D eigenvalue weighted by Crippen LogP contribution is -2.35. The largest absolute Gasteiger partial charge is 0.457 e. The first kappa shape index (κ1) is 21.1. The highest BCUT2D eigenvalue weighted by Crippen LogP contribution is 2.42. The Bertz CT molecular complexity index is 941. The summed E-state index contributed by atoms with van der Waals surface area (Å²) in [5.41, 5.74) is -2.06. The normalized spacial score (nSPS) is 13.9. The molecule has 29 heavy (non-hydrogen) atoms. The van der Waals surface area contributed by atoms with Crippen molar-refractivity contribution in [1.29, 1.82) is 0 Å². The van der Waals surface area contributed by atoms with Crippen molar-refractivity contribution in [2.75, 3.05) is 7.11 Å². The average molecular weight is 426 g/mol. The van der Waals surface area contributed by atoms with E-state index in [4.69, 9.17) is 21.1 Å². The molecule has 0 unspecified atom stereocenters. The number of nitrogens with zero attached hydrogens (tertiary/aromatic N) is 3. The maximum absolute atomic E-state index is 13.9. The first-order valence-electron chi connectivity index (χ1n) is 8.80. The van der Waals surface area contributed by atoms with Gasteiger partial charge in [-0.25, -0.2) is 9.67 Å². The van der Waals surface area contributed by atoms with Crippen molar-refractivity contribution in [3.05, 3.63) is 71.3 Å². The van der Waals surface area contributed by atoms with E-state index in [1.165, 1.54) is 36.6 Å². The van der Waals surface area contributed by atoms with Crippen LogP contribution in [0.4, 0.5) is 13.2 Å². The third-order valence-corrected chi connectivity index (χ3v) is 4.93. The van der Waals surface area contributed by atoms with E-state index >= 15 is 0 Å². The van der Waals surface area contributed by atoms with E-state index in [0.29, 0.717) is 17.2 Å². The highest BCUT2D eigenvalue weighted by molar-refractivity contribution is 6.30. The number of alkyl halides is 3. The van der Waals surface area contributed by atoms with Crippen molar-refractivity contribution in [1.82, 2.24) is 14.8 Å². The summed E-state index contributed by atoms with van der Waals surface area (Å²) in [6, 6.07) is 10.2. The van der Waals surface area contributed by atoms with Gasteiger partial charge in [0.25, 0.3) is 0 Å². The number of hydrogen-bond donors (Lipinski definition) is 0. The molecule has 0 bridgehead atoms. The zero-order chi connectivity index (χ0) is 21.1. The summed E-state index contributed by atoms with van der Waals surface area (Å²) < 4.78 is 54.5. The van der Waals surface area contributed by atoms with E-state index in [1.807, 2.05) is 0 Å². The molecule has 2 aromatic carbocycles. The van der Waals surface area contributed by atoms with Crippen LogP contribution in [-0.4, -0.2) is 21.9 Å². The molecule has 0 aliphatic rings. The second-order valence-electron chi connectivity index (χ2n) is 6.41. The third-order valence-electron chi connectivity index (χ3n) is 4.68. The minimum absolute atomic E-state index is 0.00829. The van der Waals surface area contributed by atoms with E-state index in [-0.39, 0.29) is 17.9 Å². The molecule has 154 valence electrons. The van der Waals surface area contributed by atoms with Crippen molar-refractivity contribution < 1.29 is 22.6 Å². The third kappa shape index (κ3) is 4.71. The van der Waals surface area contributed by atoms with Crippen LogP contribution in [0.1, 0.15) is 24.5 Å². The number of hydrogen-bond acceptors (Lipinski definition) is 4. The molecule has 3 rings (SSSR count). The van der Waals surface area contributed by atoms with Gasteiger partial charge in [0.15, 0.2) is 0 Å². The lowest BCUT2D eigenvalue weighted by molar-refractivity contribution is -0.142. The molecule has 0 saturated carbocycles. The Balaban J connectivity index is 2.03. The summed E-state index contributed by atoms with van der Waals surface area (Å²) in [5.74, 6) is 0.441. The highest BCUT2D eigenvalue weighted by Gasteiger charge is 2.42. The summed E-state index contributed by atoms with van der Waals surface area (Å²) in [5, 5.41) is 4.51. The molecule has 0 saturated heterocycles. The summed E-state index contributed by atoms with van der Waals surface area (Å²) in [6.07, 6.45) is -1.54. The summed E-state index contributed by atoms with van der Waals surface area (Å²) in [6.45, 7) is 1.85.